The number of esters is 1. The molecule has 0 unspecified atom stereocenters. The van der Waals surface area contributed by atoms with E-state index in [1.165, 1.54) is 6.07 Å². The van der Waals surface area contributed by atoms with E-state index in [9.17, 15) is 19.2 Å². The van der Waals surface area contributed by atoms with Gasteiger partial charge in [-0.3, -0.25) is 14.4 Å². The molecule has 0 heterocycles. The van der Waals surface area contributed by atoms with Crippen LogP contribution in [0.5, 0.6) is 17.2 Å². The Balaban J connectivity index is 1.89. The highest BCUT2D eigenvalue weighted by Gasteiger charge is 2.21. The number of carbonyl (C=O) groups excluding carboxylic acids is 4. The van der Waals surface area contributed by atoms with E-state index >= 15 is 0 Å². The second-order valence-corrected chi connectivity index (χ2v) is 16.1. The predicted octanol–water partition coefficient (Wildman–Crippen LogP) is 5.71. The van der Waals surface area contributed by atoms with E-state index < -0.39 is 22.8 Å². The molecular formula is C46H66N4O11. The van der Waals surface area contributed by atoms with E-state index in [2.05, 4.69) is 16.0 Å². The quantitative estimate of drug-likeness (QED) is 0.0515. The Morgan fingerprint density at radius 1 is 0.557 bits per heavy atom. The van der Waals surface area contributed by atoms with Crippen LogP contribution < -0.4 is 35.9 Å². The molecule has 336 valence electrons. The molecule has 5 N–H and O–H groups in total. The molecule has 15 nitrogen and oxygen atoms in total. The van der Waals surface area contributed by atoms with Crippen LogP contribution in [0.3, 0.4) is 0 Å². The summed E-state index contributed by atoms with van der Waals surface area (Å²) in [4.78, 5) is 52.0. The first-order chi connectivity index (χ1) is 28.9. The highest BCUT2D eigenvalue weighted by Crippen LogP contribution is 2.33. The fraction of sp³-hybridized carbons (Fsp3) is 0.522. The van der Waals surface area contributed by atoms with Crippen molar-refractivity contribution in [3.63, 3.8) is 0 Å². The van der Waals surface area contributed by atoms with Crippen LogP contribution >= 0.6 is 0 Å². The van der Waals surface area contributed by atoms with Crippen molar-refractivity contribution in [1.29, 1.82) is 0 Å². The van der Waals surface area contributed by atoms with Gasteiger partial charge in [0.05, 0.1) is 29.1 Å². The second-order valence-electron chi connectivity index (χ2n) is 16.1. The molecule has 0 aromatic heterocycles. The maximum Gasteiger partial charge on any atom is 0.338 e. The summed E-state index contributed by atoms with van der Waals surface area (Å²) >= 11 is 0. The summed E-state index contributed by atoms with van der Waals surface area (Å²) < 4.78 is 40.4. The van der Waals surface area contributed by atoms with Gasteiger partial charge >= 0.3 is 5.97 Å². The van der Waals surface area contributed by atoms with Gasteiger partial charge < -0.3 is 54.8 Å². The topological polar surface area (TPSA) is 195 Å². The van der Waals surface area contributed by atoms with Gasteiger partial charge in [-0.05, 0) is 122 Å². The standard InChI is InChI=1S/C46H66N4O11/c1-9-59-44(3,4)16-19-48-40(51)29-55-37-23-34(22-36(26-37)43(54)58-28-33-14-12-11-13-15-33)35-24-38(56-30-41(52)49-20-17-45(5,6)60-10-2)27-39(25-35)57-31-42(53)50-21-18-46(7,8)61-32-47/h11-15,22-27H,9-10,16-21,28-32,47H2,1-8H3,(H,48,51)(H,49,52)(H,50,53). The fourth-order valence-corrected chi connectivity index (χ4v) is 6.01. The third kappa shape index (κ3) is 19.8. The van der Waals surface area contributed by atoms with Crippen LogP contribution in [0.25, 0.3) is 11.1 Å². The van der Waals surface area contributed by atoms with E-state index in [4.69, 9.17) is 38.9 Å². The number of carbonyl (C=O) groups is 4. The van der Waals surface area contributed by atoms with Crippen molar-refractivity contribution in [1.82, 2.24) is 16.0 Å². The van der Waals surface area contributed by atoms with Gasteiger partial charge in [-0.1, -0.05) is 30.3 Å². The van der Waals surface area contributed by atoms with E-state index in [0.29, 0.717) is 63.2 Å². The first kappa shape index (κ1) is 50.1. The lowest BCUT2D eigenvalue weighted by Crippen LogP contribution is -2.36. The minimum atomic E-state index is -0.622. The van der Waals surface area contributed by atoms with Gasteiger partial charge in [0.1, 0.15) is 23.9 Å². The van der Waals surface area contributed by atoms with Crippen LogP contribution in [0.4, 0.5) is 0 Å². The number of rotatable bonds is 28. The molecule has 0 aliphatic heterocycles. The van der Waals surface area contributed by atoms with Crippen molar-refractivity contribution < 1.29 is 52.3 Å². The summed E-state index contributed by atoms with van der Waals surface area (Å²) in [5, 5.41) is 8.53. The average molecular weight is 851 g/mol. The molecule has 0 aliphatic rings. The molecule has 3 amide bonds. The van der Waals surface area contributed by atoms with Gasteiger partial charge in [0.15, 0.2) is 19.8 Å². The number of nitrogens with one attached hydrogen (secondary N) is 3. The minimum Gasteiger partial charge on any atom is -0.484 e. The van der Waals surface area contributed by atoms with Gasteiger partial charge in [0.25, 0.3) is 17.7 Å². The van der Waals surface area contributed by atoms with Gasteiger partial charge in [-0.15, -0.1) is 0 Å². The molecule has 61 heavy (non-hydrogen) atoms. The first-order valence-electron chi connectivity index (χ1n) is 20.7. The number of nitrogens with two attached hydrogens (primary N) is 1. The van der Waals surface area contributed by atoms with Crippen LogP contribution in [-0.2, 0) is 39.9 Å². The van der Waals surface area contributed by atoms with Crippen LogP contribution in [0.2, 0.25) is 0 Å². The van der Waals surface area contributed by atoms with Crippen molar-refractivity contribution in [3.8, 4) is 28.4 Å². The van der Waals surface area contributed by atoms with Crippen LogP contribution in [0, 0.1) is 0 Å². The molecule has 3 aromatic carbocycles. The number of amides is 3. The van der Waals surface area contributed by atoms with Crippen LogP contribution in [0.15, 0.2) is 66.7 Å². The number of hydrogen-bond acceptors (Lipinski definition) is 12. The average Bonchev–Trinajstić information content (AvgIpc) is 3.20. The Kier molecular flexibility index (Phi) is 20.5. The molecule has 0 radical (unpaired) electrons. The Bertz CT molecular complexity index is 1790. The zero-order valence-electron chi connectivity index (χ0n) is 37.1. The van der Waals surface area contributed by atoms with Crippen molar-refractivity contribution in [3.05, 3.63) is 77.9 Å². The maximum atomic E-state index is 13.5. The van der Waals surface area contributed by atoms with E-state index in [1.54, 1.807) is 30.3 Å². The fourth-order valence-electron chi connectivity index (χ4n) is 6.01. The summed E-state index contributed by atoms with van der Waals surface area (Å²) in [6, 6.07) is 18.9. The second kappa shape index (κ2) is 24.9. The Morgan fingerprint density at radius 2 is 0.967 bits per heavy atom. The van der Waals surface area contributed by atoms with E-state index in [-0.39, 0.29) is 73.7 Å². The monoisotopic (exact) mass is 850 g/mol. The molecule has 0 atom stereocenters. The summed E-state index contributed by atoms with van der Waals surface area (Å²) in [7, 11) is 0. The summed E-state index contributed by atoms with van der Waals surface area (Å²) in [5.74, 6) is -0.968. The maximum absolute atomic E-state index is 13.5. The molecule has 3 rings (SSSR count). The SMILES string of the molecule is CCOC(C)(C)CCNC(=O)COc1cc(OCC(=O)NCCC(C)(C)OCN)cc(-c2cc(OCC(=O)NCCC(C)(C)OCC)cc(C(=O)OCc3ccccc3)c2)c1. The Hall–Kier alpha value is -5.22. The number of ether oxygens (including phenoxy) is 7. The highest BCUT2D eigenvalue weighted by molar-refractivity contribution is 5.92. The minimum absolute atomic E-state index is 0.0344. The highest BCUT2D eigenvalue weighted by atomic mass is 16.5. The first-order valence-corrected chi connectivity index (χ1v) is 20.7. The lowest BCUT2D eigenvalue weighted by molar-refractivity contribution is -0.124. The number of hydrogen-bond donors (Lipinski definition) is 4. The molecule has 0 aliphatic carbocycles. The largest absolute Gasteiger partial charge is 0.484 e. The molecule has 0 saturated carbocycles. The molecule has 0 saturated heterocycles. The van der Waals surface area contributed by atoms with Crippen molar-refractivity contribution in [2.45, 2.75) is 98.1 Å². The predicted molar refractivity (Wildman–Crippen MR) is 232 cm³/mol. The van der Waals surface area contributed by atoms with Gasteiger partial charge in [-0.2, -0.15) is 0 Å². The molecule has 0 spiro atoms. The Labute approximate surface area is 360 Å². The van der Waals surface area contributed by atoms with Crippen LogP contribution in [0.1, 0.15) is 90.6 Å². The van der Waals surface area contributed by atoms with Crippen molar-refractivity contribution >= 4 is 23.7 Å². The van der Waals surface area contributed by atoms with Gasteiger partial charge in [0.2, 0.25) is 0 Å². The van der Waals surface area contributed by atoms with Crippen LogP contribution in [-0.4, -0.2) is 99.9 Å². The smallest absolute Gasteiger partial charge is 0.338 e. The Morgan fingerprint density at radius 3 is 1.39 bits per heavy atom. The van der Waals surface area contributed by atoms with E-state index in [0.717, 1.165) is 5.56 Å². The lowest BCUT2D eigenvalue weighted by atomic mass is 10.0. The molecule has 0 bridgehead atoms. The lowest BCUT2D eigenvalue weighted by Gasteiger charge is -2.24. The zero-order valence-corrected chi connectivity index (χ0v) is 37.1. The zero-order chi connectivity index (χ0) is 44.9. The molecular weight excluding hydrogens is 785 g/mol. The van der Waals surface area contributed by atoms with Gasteiger partial charge in [-0.25, -0.2) is 4.79 Å². The van der Waals surface area contributed by atoms with Crippen molar-refractivity contribution in [2.24, 2.45) is 5.73 Å². The summed E-state index contributed by atoms with van der Waals surface area (Å²) in [5.41, 5.74) is 6.13. The molecule has 0 fully saturated rings. The molecule has 3 aromatic rings. The van der Waals surface area contributed by atoms with Gasteiger partial charge in [0, 0.05) is 38.9 Å². The molecule has 15 heteroatoms. The van der Waals surface area contributed by atoms with Crippen molar-refractivity contribution in [2.75, 3.05) is 59.4 Å². The summed E-state index contributed by atoms with van der Waals surface area (Å²) in [6.07, 6.45) is 1.72. The number of benzene rings is 3. The third-order valence-corrected chi connectivity index (χ3v) is 9.37. The third-order valence-electron chi connectivity index (χ3n) is 9.37. The van der Waals surface area contributed by atoms with E-state index in [1.807, 2.05) is 85.7 Å². The summed E-state index contributed by atoms with van der Waals surface area (Å²) in [6.45, 7) is 16.8. The normalized spacial score (nSPS) is 11.7.